The molecule has 0 saturated carbocycles. The summed E-state index contributed by atoms with van der Waals surface area (Å²) in [5, 5.41) is 0. The Morgan fingerprint density at radius 3 is 2.83 bits per heavy atom. The molecule has 12 heavy (non-hydrogen) atoms. The number of halogens is 1. The molecule has 0 bridgehead atoms. The van der Waals surface area contributed by atoms with Crippen molar-refractivity contribution in [1.29, 1.82) is 0 Å². The second kappa shape index (κ2) is 5.22. The van der Waals surface area contributed by atoms with Crippen molar-refractivity contribution in [3.63, 3.8) is 0 Å². The Hall–Kier alpha value is -0.480. The number of nitrogens with two attached hydrogens (primary N) is 1. The maximum Gasteiger partial charge on any atom is 0.409 e. The largest absolute Gasteiger partial charge is 0.453 e. The number of methoxy groups -OCH3 is 1. The van der Waals surface area contributed by atoms with Crippen LogP contribution in [0.3, 0.4) is 0 Å². The molecule has 72 valence electrons. The van der Waals surface area contributed by atoms with Crippen LogP contribution in [0, 0.1) is 0 Å². The highest BCUT2D eigenvalue weighted by Gasteiger charge is 2.20. The number of rotatable bonds is 0. The average molecular weight is 195 g/mol. The normalized spacial score (nSPS) is 22.8. The third-order valence-corrected chi connectivity index (χ3v) is 1.89. The van der Waals surface area contributed by atoms with Crippen LogP contribution in [0.15, 0.2) is 0 Å². The van der Waals surface area contributed by atoms with E-state index >= 15 is 0 Å². The molecule has 0 aliphatic carbocycles. The van der Waals surface area contributed by atoms with Crippen molar-refractivity contribution >= 4 is 18.5 Å². The van der Waals surface area contributed by atoms with Gasteiger partial charge in [-0.05, 0) is 12.8 Å². The number of hydrogen-bond donors (Lipinski definition) is 1. The van der Waals surface area contributed by atoms with Gasteiger partial charge in [0.1, 0.15) is 0 Å². The Morgan fingerprint density at radius 2 is 2.33 bits per heavy atom. The van der Waals surface area contributed by atoms with Gasteiger partial charge in [-0.2, -0.15) is 0 Å². The van der Waals surface area contributed by atoms with Gasteiger partial charge in [-0.15, -0.1) is 12.4 Å². The monoisotopic (exact) mass is 194 g/mol. The summed E-state index contributed by atoms with van der Waals surface area (Å²) in [5.41, 5.74) is 5.67. The molecular formula is C7H15ClN2O2. The number of hydrogen-bond acceptors (Lipinski definition) is 3. The summed E-state index contributed by atoms with van der Waals surface area (Å²) in [5.74, 6) is 0. The molecule has 0 aromatic rings. The van der Waals surface area contributed by atoms with Gasteiger partial charge in [-0.3, -0.25) is 0 Å². The van der Waals surface area contributed by atoms with Crippen molar-refractivity contribution in [3.8, 4) is 0 Å². The van der Waals surface area contributed by atoms with Crippen molar-refractivity contribution in [2.75, 3.05) is 20.2 Å². The van der Waals surface area contributed by atoms with E-state index < -0.39 is 0 Å². The van der Waals surface area contributed by atoms with Crippen LogP contribution in [0.4, 0.5) is 4.79 Å². The van der Waals surface area contributed by atoms with E-state index in [2.05, 4.69) is 4.74 Å². The number of carbonyl (C=O) groups is 1. The second-order valence-corrected chi connectivity index (χ2v) is 2.82. The molecule has 0 aromatic carbocycles. The molecule has 1 saturated heterocycles. The van der Waals surface area contributed by atoms with Crippen LogP contribution in [-0.4, -0.2) is 37.2 Å². The highest BCUT2D eigenvalue weighted by molar-refractivity contribution is 5.85. The predicted molar refractivity (Wildman–Crippen MR) is 48.4 cm³/mol. The number of carbonyl (C=O) groups excluding carboxylic acids is 1. The number of ether oxygens (including phenoxy) is 1. The Balaban J connectivity index is 0.00000121. The lowest BCUT2D eigenvalue weighted by molar-refractivity contribution is 0.111. The molecule has 0 aromatic heterocycles. The van der Waals surface area contributed by atoms with Gasteiger partial charge in [-0.1, -0.05) is 0 Å². The Labute approximate surface area is 78.5 Å². The van der Waals surface area contributed by atoms with Gasteiger partial charge in [0, 0.05) is 19.1 Å². The highest BCUT2D eigenvalue weighted by atomic mass is 35.5. The summed E-state index contributed by atoms with van der Waals surface area (Å²) in [6.07, 6.45) is 1.73. The maximum absolute atomic E-state index is 11.0. The summed E-state index contributed by atoms with van der Waals surface area (Å²) in [7, 11) is 1.39. The SMILES string of the molecule is COC(=O)N1CCC[C@H](N)C1.Cl. The van der Waals surface area contributed by atoms with Crippen molar-refractivity contribution in [3.05, 3.63) is 0 Å². The summed E-state index contributed by atoms with van der Waals surface area (Å²) in [4.78, 5) is 12.6. The van der Waals surface area contributed by atoms with Crippen LogP contribution in [0.5, 0.6) is 0 Å². The fourth-order valence-corrected chi connectivity index (χ4v) is 1.30. The number of nitrogens with zero attached hydrogens (tertiary/aromatic N) is 1. The van der Waals surface area contributed by atoms with E-state index in [0.717, 1.165) is 19.4 Å². The molecule has 0 unspecified atom stereocenters. The first-order chi connectivity index (χ1) is 5.24. The third-order valence-electron chi connectivity index (χ3n) is 1.89. The Bertz CT molecular complexity index is 154. The van der Waals surface area contributed by atoms with E-state index in [-0.39, 0.29) is 24.5 Å². The Kier molecular flexibility index (Phi) is 5.01. The standard InChI is InChI=1S/C7H14N2O2.ClH/c1-11-7(10)9-4-2-3-6(8)5-9;/h6H,2-5,8H2,1H3;1H/t6-;/m0./s1. The van der Waals surface area contributed by atoms with Crippen LogP contribution in [0.25, 0.3) is 0 Å². The minimum Gasteiger partial charge on any atom is -0.453 e. The van der Waals surface area contributed by atoms with Gasteiger partial charge in [-0.25, -0.2) is 4.79 Å². The first kappa shape index (κ1) is 11.5. The first-order valence-corrected chi connectivity index (χ1v) is 3.82. The fourth-order valence-electron chi connectivity index (χ4n) is 1.30. The lowest BCUT2D eigenvalue weighted by atomic mass is 10.1. The quantitative estimate of drug-likeness (QED) is 0.615. The maximum atomic E-state index is 11.0. The molecule has 0 radical (unpaired) electrons. The van der Waals surface area contributed by atoms with E-state index in [4.69, 9.17) is 5.73 Å². The smallest absolute Gasteiger partial charge is 0.409 e. The predicted octanol–water partition coefficient (Wildman–Crippen LogP) is 0.598. The fraction of sp³-hybridized carbons (Fsp3) is 0.857. The minimum absolute atomic E-state index is 0. The second-order valence-electron chi connectivity index (χ2n) is 2.82. The number of likely N-dealkylation sites (tertiary alicyclic amines) is 1. The van der Waals surface area contributed by atoms with Gasteiger partial charge in [0.15, 0.2) is 0 Å². The lowest BCUT2D eigenvalue weighted by Crippen LogP contribution is -2.45. The zero-order valence-corrected chi connectivity index (χ0v) is 7.97. The van der Waals surface area contributed by atoms with Gasteiger partial charge in [0.05, 0.1) is 7.11 Å². The highest BCUT2D eigenvalue weighted by Crippen LogP contribution is 2.08. The van der Waals surface area contributed by atoms with Crippen LogP contribution in [0.2, 0.25) is 0 Å². The molecule has 1 atom stereocenters. The lowest BCUT2D eigenvalue weighted by Gasteiger charge is -2.29. The van der Waals surface area contributed by atoms with E-state index in [9.17, 15) is 4.79 Å². The average Bonchev–Trinajstić information content (AvgIpc) is 2.03. The molecule has 0 spiro atoms. The van der Waals surface area contributed by atoms with Gasteiger partial charge < -0.3 is 15.4 Å². The molecule has 2 N–H and O–H groups in total. The molecule has 1 aliphatic heterocycles. The molecule has 1 heterocycles. The molecule has 1 rings (SSSR count). The van der Waals surface area contributed by atoms with E-state index in [1.54, 1.807) is 4.90 Å². The van der Waals surface area contributed by atoms with Crippen LogP contribution >= 0.6 is 12.4 Å². The zero-order valence-electron chi connectivity index (χ0n) is 7.16. The van der Waals surface area contributed by atoms with E-state index in [1.807, 2.05) is 0 Å². The zero-order chi connectivity index (χ0) is 8.27. The van der Waals surface area contributed by atoms with Crippen molar-refractivity contribution in [2.45, 2.75) is 18.9 Å². The van der Waals surface area contributed by atoms with Gasteiger partial charge >= 0.3 is 6.09 Å². The first-order valence-electron chi connectivity index (χ1n) is 3.82. The molecule has 1 fully saturated rings. The molecule has 5 heteroatoms. The van der Waals surface area contributed by atoms with Gasteiger partial charge in [0.2, 0.25) is 0 Å². The van der Waals surface area contributed by atoms with Crippen molar-refractivity contribution in [2.24, 2.45) is 5.73 Å². The van der Waals surface area contributed by atoms with Gasteiger partial charge in [0.25, 0.3) is 0 Å². The molecular weight excluding hydrogens is 180 g/mol. The summed E-state index contributed by atoms with van der Waals surface area (Å²) < 4.78 is 4.57. The van der Waals surface area contributed by atoms with Crippen molar-refractivity contribution in [1.82, 2.24) is 4.90 Å². The van der Waals surface area contributed by atoms with E-state index in [0.29, 0.717) is 6.54 Å². The third kappa shape index (κ3) is 2.87. The van der Waals surface area contributed by atoms with E-state index in [1.165, 1.54) is 7.11 Å². The topological polar surface area (TPSA) is 55.6 Å². The molecule has 1 aliphatic rings. The molecule has 1 amide bonds. The number of amides is 1. The van der Waals surface area contributed by atoms with Crippen LogP contribution in [0.1, 0.15) is 12.8 Å². The van der Waals surface area contributed by atoms with Crippen LogP contribution in [-0.2, 0) is 4.74 Å². The summed E-state index contributed by atoms with van der Waals surface area (Å²) in [6.45, 7) is 1.41. The Morgan fingerprint density at radius 1 is 1.67 bits per heavy atom. The summed E-state index contributed by atoms with van der Waals surface area (Å²) in [6, 6.07) is 0.128. The summed E-state index contributed by atoms with van der Waals surface area (Å²) >= 11 is 0. The number of piperidine rings is 1. The minimum atomic E-state index is -0.264. The van der Waals surface area contributed by atoms with Crippen molar-refractivity contribution < 1.29 is 9.53 Å². The molecule has 4 nitrogen and oxygen atoms in total. The van der Waals surface area contributed by atoms with Crippen LogP contribution < -0.4 is 5.73 Å².